The lowest BCUT2D eigenvalue weighted by atomic mass is 9.86. The molecule has 0 aliphatic heterocycles. The summed E-state index contributed by atoms with van der Waals surface area (Å²) in [6.07, 6.45) is 5.66. The summed E-state index contributed by atoms with van der Waals surface area (Å²) >= 11 is 0. The summed E-state index contributed by atoms with van der Waals surface area (Å²) in [6, 6.07) is 59.3. The summed E-state index contributed by atoms with van der Waals surface area (Å²) in [6.45, 7) is 11.4. The van der Waals surface area contributed by atoms with Crippen LogP contribution in [0.25, 0.3) is 111 Å². The number of aryl methyl sites for hydroxylation is 1. The molecule has 318 valence electrons. The number of aromatic nitrogens is 6. The second-order valence-electron chi connectivity index (χ2n) is 18.2. The van der Waals surface area contributed by atoms with Crippen LogP contribution < -0.4 is 0 Å². The fraction of sp³-hybridized carbons (Fsp3) is 0.117. The van der Waals surface area contributed by atoms with Crippen molar-refractivity contribution in [2.24, 2.45) is 0 Å². The predicted molar refractivity (Wildman–Crippen MR) is 275 cm³/mol. The van der Waals surface area contributed by atoms with Gasteiger partial charge in [0.15, 0.2) is 0 Å². The largest absolute Gasteiger partial charge is 0.354 e. The van der Waals surface area contributed by atoms with E-state index in [0.29, 0.717) is 11.8 Å². The molecule has 12 rings (SSSR count). The minimum absolute atomic E-state index is 0.332. The molecule has 0 atom stereocenters. The number of para-hydroxylation sites is 2. The molecule has 6 nitrogen and oxygen atoms in total. The average Bonchev–Trinajstić information content (AvgIpc) is 4.03. The third-order valence-corrected chi connectivity index (χ3v) is 13.4. The molecule has 0 saturated heterocycles. The van der Waals surface area contributed by atoms with Crippen molar-refractivity contribution in [3.8, 4) is 56.3 Å². The van der Waals surface area contributed by atoms with Crippen molar-refractivity contribution in [1.82, 2.24) is 29.1 Å². The molecule has 7 aromatic carbocycles. The maximum atomic E-state index is 5.77. The van der Waals surface area contributed by atoms with Crippen molar-refractivity contribution in [3.05, 3.63) is 199 Å². The zero-order valence-corrected chi connectivity index (χ0v) is 37.7. The molecule has 0 amide bonds. The summed E-state index contributed by atoms with van der Waals surface area (Å²) < 4.78 is 4.66. The van der Waals surface area contributed by atoms with Crippen LogP contribution in [0.2, 0.25) is 0 Å². The first kappa shape index (κ1) is 39.5. The summed E-state index contributed by atoms with van der Waals surface area (Å²) in [4.78, 5) is 19.0. The second kappa shape index (κ2) is 15.6. The third kappa shape index (κ3) is 6.35. The Labute approximate surface area is 383 Å². The first-order valence-electron chi connectivity index (χ1n) is 23.0. The van der Waals surface area contributed by atoms with E-state index in [9.17, 15) is 0 Å². The Morgan fingerprint density at radius 1 is 0.500 bits per heavy atom. The monoisotopic (exact) mass is 852 g/mol. The number of nitrogens with one attached hydrogen (secondary N) is 1. The van der Waals surface area contributed by atoms with Crippen LogP contribution in [0.4, 0.5) is 0 Å². The lowest BCUT2D eigenvalue weighted by Crippen LogP contribution is -1.99. The van der Waals surface area contributed by atoms with E-state index in [1.54, 1.807) is 0 Å². The molecular formula is C60H48N6. The number of hydrogen-bond acceptors (Lipinski definition) is 3. The highest BCUT2D eigenvalue weighted by Gasteiger charge is 2.25. The molecule has 0 unspecified atom stereocenters. The highest BCUT2D eigenvalue weighted by molar-refractivity contribution is 6.16. The minimum Gasteiger partial charge on any atom is -0.354 e. The Hall–Kier alpha value is -8.09. The van der Waals surface area contributed by atoms with Crippen molar-refractivity contribution in [2.45, 2.75) is 46.5 Å². The van der Waals surface area contributed by atoms with Crippen molar-refractivity contribution in [3.63, 3.8) is 0 Å². The van der Waals surface area contributed by atoms with Crippen molar-refractivity contribution in [1.29, 1.82) is 0 Å². The average molecular weight is 853 g/mol. The van der Waals surface area contributed by atoms with Crippen molar-refractivity contribution >= 4 is 54.6 Å². The standard InChI is InChI=1S/C60H48N6/c1-36(2)45-22-23-51-57(56(45)37(3)4)49-33-43(40-26-28-61-29-27-40)34-50(58(49)63-51)60-64-59-46(17-12-18-53(59)65(60)44-15-10-7-11-16-44)42-19-21-47-48-32-41(39-13-8-6-9-14-39)20-24-52(48)66(54(47)35-42)55-31-38(5)25-30-62-55/h6-37,63H,1-5H3. The molecule has 0 radical (unpaired) electrons. The van der Waals surface area contributed by atoms with Crippen molar-refractivity contribution in [2.75, 3.05) is 0 Å². The van der Waals surface area contributed by atoms with Gasteiger partial charge in [-0.3, -0.25) is 14.1 Å². The van der Waals surface area contributed by atoms with Gasteiger partial charge >= 0.3 is 0 Å². The fourth-order valence-electron chi connectivity index (χ4n) is 10.4. The van der Waals surface area contributed by atoms with E-state index in [2.05, 4.69) is 218 Å². The van der Waals surface area contributed by atoms with Gasteiger partial charge in [0.2, 0.25) is 0 Å². The Morgan fingerprint density at radius 2 is 1.26 bits per heavy atom. The zero-order valence-electron chi connectivity index (χ0n) is 37.7. The molecule has 6 heteroatoms. The fourth-order valence-corrected chi connectivity index (χ4v) is 10.4. The quantitative estimate of drug-likeness (QED) is 0.166. The summed E-state index contributed by atoms with van der Waals surface area (Å²) in [5.41, 5.74) is 19.2. The van der Waals surface area contributed by atoms with E-state index in [1.165, 1.54) is 43.8 Å². The number of pyridine rings is 2. The highest BCUT2D eigenvalue weighted by atomic mass is 15.1. The van der Waals surface area contributed by atoms with Gasteiger partial charge in [-0.1, -0.05) is 113 Å². The van der Waals surface area contributed by atoms with Crippen LogP contribution >= 0.6 is 0 Å². The number of rotatable bonds is 8. The van der Waals surface area contributed by atoms with E-state index in [4.69, 9.17) is 9.97 Å². The van der Waals surface area contributed by atoms with E-state index in [1.807, 2.05) is 18.6 Å². The molecular weight excluding hydrogens is 805 g/mol. The zero-order chi connectivity index (χ0) is 44.6. The van der Waals surface area contributed by atoms with Crippen LogP contribution in [0.1, 0.15) is 56.2 Å². The van der Waals surface area contributed by atoms with Crippen LogP contribution in [0.15, 0.2) is 182 Å². The van der Waals surface area contributed by atoms with Gasteiger partial charge in [-0.25, -0.2) is 9.97 Å². The Kier molecular flexibility index (Phi) is 9.31. The van der Waals surface area contributed by atoms with Gasteiger partial charge in [0.25, 0.3) is 0 Å². The van der Waals surface area contributed by atoms with E-state index in [-0.39, 0.29) is 0 Å². The van der Waals surface area contributed by atoms with Gasteiger partial charge < -0.3 is 4.98 Å². The van der Waals surface area contributed by atoms with E-state index >= 15 is 0 Å². The van der Waals surface area contributed by atoms with Gasteiger partial charge in [0, 0.05) is 62.5 Å². The Balaban J connectivity index is 1.14. The van der Waals surface area contributed by atoms with E-state index in [0.717, 1.165) is 83.8 Å². The molecule has 0 aliphatic rings. The summed E-state index contributed by atoms with van der Waals surface area (Å²) in [5, 5.41) is 4.85. The molecule has 12 aromatic rings. The van der Waals surface area contributed by atoms with Crippen LogP contribution in [-0.2, 0) is 0 Å². The number of benzene rings is 7. The maximum absolute atomic E-state index is 5.77. The predicted octanol–water partition coefficient (Wildman–Crippen LogP) is 15.8. The van der Waals surface area contributed by atoms with Gasteiger partial charge in [-0.15, -0.1) is 0 Å². The lowest BCUT2D eigenvalue weighted by molar-refractivity contribution is 0.798. The number of imidazole rings is 1. The summed E-state index contributed by atoms with van der Waals surface area (Å²) in [5.74, 6) is 2.49. The SMILES string of the molecule is Cc1ccnc(-n2c3ccc(-c4ccccc4)cc3c3ccc(-c4cccc5c4nc(-c4cc(-c6ccncc6)cc6c4[nH]c4ccc(C(C)C)c(C(C)C)c46)n5-c4ccccc4)cc32)c1. The Morgan fingerprint density at radius 3 is 2.03 bits per heavy atom. The second-order valence-corrected chi connectivity index (χ2v) is 18.2. The van der Waals surface area contributed by atoms with Crippen LogP contribution in [0.3, 0.4) is 0 Å². The number of hydrogen-bond donors (Lipinski definition) is 1. The number of fused-ring (bicyclic) bond motifs is 7. The first-order valence-corrected chi connectivity index (χ1v) is 23.0. The molecule has 0 aliphatic carbocycles. The van der Waals surface area contributed by atoms with Crippen LogP contribution in [0.5, 0.6) is 0 Å². The molecule has 1 N–H and O–H groups in total. The number of aromatic amines is 1. The highest BCUT2D eigenvalue weighted by Crippen LogP contribution is 2.45. The van der Waals surface area contributed by atoms with Gasteiger partial charge in [0.1, 0.15) is 11.6 Å². The smallest absolute Gasteiger partial charge is 0.147 e. The van der Waals surface area contributed by atoms with Crippen LogP contribution in [-0.4, -0.2) is 29.1 Å². The molecule has 0 bridgehead atoms. The molecule has 0 saturated carbocycles. The molecule has 66 heavy (non-hydrogen) atoms. The lowest BCUT2D eigenvalue weighted by Gasteiger charge is -2.18. The molecule has 5 aromatic heterocycles. The maximum Gasteiger partial charge on any atom is 0.147 e. The topological polar surface area (TPSA) is 64.3 Å². The molecule has 0 spiro atoms. The first-order chi connectivity index (χ1) is 32.3. The van der Waals surface area contributed by atoms with Crippen molar-refractivity contribution < 1.29 is 0 Å². The molecule has 0 fully saturated rings. The minimum atomic E-state index is 0.332. The Bertz CT molecular complexity index is 3820. The number of H-pyrrole nitrogens is 1. The van der Waals surface area contributed by atoms with E-state index < -0.39 is 0 Å². The molecule has 5 heterocycles. The van der Waals surface area contributed by atoms with Crippen LogP contribution in [0, 0.1) is 6.92 Å². The van der Waals surface area contributed by atoms with Gasteiger partial charge in [-0.05, 0) is 142 Å². The third-order valence-electron chi connectivity index (χ3n) is 13.4. The van der Waals surface area contributed by atoms with Gasteiger partial charge in [0.05, 0.1) is 27.6 Å². The van der Waals surface area contributed by atoms with Gasteiger partial charge in [-0.2, -0.15) is 0 Å². The summed E-state index contributed by atoms with van der Waals surface area (Å²) in [7, 11) is 0. The number of nitrogens with zero attached hydrogens (tertiary/aromatic N) is 5. The normalized spacial score (nSPS) is 12.0.